The van der Waals surface area contributed by atoms with Crippen LogP contribution >= 0.6 is 0 Å². The number of alkyl carbamates (subject to hydrolysis) is 1. The number of nitrogens with one attached hydrogen (secondary N) is 2. The molecule has 0 aliphatic heterocycles. The predicted octanol–water partition coefficient (Wildman–Crippen LogP) is 3.28. The summed E-state index contributed by atoms with van der Waals surface area (Å²) in [6.45, 7) is 6.88. The van der Waals surface area contributed by atoms with E-state index in [-0.39, 0.29) is 12.1 Å². The summed E-state index contributed by atoms with van der Waals surface area (Å²) >= 11 is 0. The number of carbonyl (C=O) groups excluding carboxylic acids is 1. The molecule has 0 spiro atoms. The van der Waals surface area contributed by atoms with Gasteiger partial charge in [0.15, 0.2) is 0 Å². The zero-order valence-electron chi connectivity index (χ0n) is 12.8. The van der Waals surface area contributed by atoms with Crippen molar-refractivity contribution in [3.05, 3.63) is 18.2 Å². The lowest BCUT2D eigenvalue weighted by Gasteiger charge is -2.14. The molecule has 0 aromatic carbocycles. The van der Waals surface area contributed by atoms with Gasteiger partial charge in [-0.1, -0.05) is 26.7 Å². The van der Waals surface area contributed by atoms with Crippen molar-refractivity contribution in [1.29, 1.82) is 0 Å². The van der Waals surface area contributed by atoms with E-state index in [1.165, 1.54) is 6.42 Å². The lowest BCUT2D eigenvalue weighted by atomic mass is 10.0. The summed E-state index contributed by atoms with van der Waals surface area (Å²) in [7, 11) is 0. The number of hydrogen-bond donors (Lipinski definition) is 2. The van der Waals surface area contributed by atoms with Crippen LogP contribution in [-0.2, 0) is 11.2 Å². The Morgan fingerprint density at radius 2 is 2.15 bits per heavy atom. The average Bonchev–Trinajstić information content (AvgIpc) is 2.87. The number of aromatic amines is 1. The monoisotopic (exact) mass is 281 g/mol. The van der Waals surface area contributed by atoms with Gasteiger partial charge in [-0.25, -0.2) is 9.78 Å². The second-order valence-electron chi connectivity index (χ2n) is 5.69. The Morgan fingerprint density at radius 3 is 2.80 bits per heavy atom. The quantitative estimate of drug-likeness (QED) is 0.683. The van der Waals surface area contributed by atoms with Gasteiger partial charge in [-0.3, -0.25) is 0 Å². The molecule has 1 aromatic heterocycles. The van der Waals surface area contributed by atoms with E-state index in [1.807, 2.05) is 6.92 Å². The molecule has 1 heterocycles. The molecule has 0 aliphatic carbocycles. The number of rotatable bonds is 9. The summed E-state index contributed by atoms with van der Waals surface area (Å²) in [5.41, 5.74) is 1.07. The molecule has 0 aliphatic rings. The van der Waals surface area contributed by atoms with Crippen molar-refractivity contribution in [3.63, 3.8) is 0 Å². The van der Waals surface area contributed by atoms with Crippen molar-refractivity contribution in [2.45, 2.75) is 58.9 Å². The minimum Gasteiger partial charge on any atom is -0.450 e. The Balaban J connectivity index is 2.01. The molecule has 2 N–H and O–H groups in total. The summed E-state index contributed by atoms with van der Waals surface area (Å²) in [6, 6.07) is 0.175. The van der Waals surface area contributed by atoms with Crippen LogP contribution in [0.15, 0.2) is 12.5 Å². The fourth-order valence-corrected chi connectivity index (χ4v) is 2.00. The highest BCUT2D eigenvalue weighted by atomic mass is 16.5. The van der Waals surface area contributed by atoms with Crippen LogP contribution in [0.3, 0.4) is 0 Å². The lowest BCUT2D eigenvalue weighted by molar-refractivity contribution is 0.141. The largest absolute Gasteiger partial charge is 0.450 e. The van der Waals surface area contributed by atoms with Crippen molar-refractivity contribution in [2.24, 2.45) is 5.92 Å². The molecule has 0 saturated carbocycles. The number of aromatic nitrogens is 2. The van der Waals surface area contributed by atoms with Gasteiger partial charge in [0, 0.05) is 17.9 Å². The zero-order chi connectivity index (χ0) is 14.8. The van der Waals surface area contributed by atoms with Crippen molar-refractivity contribution >= 4 is 6.09 Å². The number of carbonyl (C=O) groups is 1. The Bertz CT molecular complexity index is 363. The van der Waals surface area contributed by atoms with Gasteiger partial charge in [0.2, 0.25) is 0 Å². The van der Waals surface area contributed by atoms with Crippen LogP contribution in [0.2, 0.25) is 0 Å². The first-order valence-corrected chi connectivity index (χ1v) is 7.48. The highest BCUT2D eigenvalue weighted by Gasteiger charge is 2.08. The van der Waals surface area contributed by atoms with Crippen LogP contribution in [0.4, 0.5) is 4.79 Å². The molecule has 0 bridgehead atoms. The van der Waals surface area contributed by atoms with E-state index < -0.39 is 0 Å². The smallest absolute Gasteiger partial charge is 0.407 e. The zero-order valence-corrected chi connectivity index (χ0v) is 12.8. The Hall–Kier alpha value is -1.52. The van der Waals surface area contributed by atoms with E-state index in [9.17, 15) is 4.79 Å². The van der Waals surface area contributed by atoms with Crippen LogP contribution in [0, 0.1) is 5.92 Å². The molecule has 0 fully saturated rings. The Kier molecular flexibility index (Phi) is 7.77. The summed E-state index contributed by atoms with van der Waals surface area (Å²) in [6.07, 6.45) is 8.12. The normalized spacial score (nSPS) is 12.4. The van der Waals surface area contributed by atoms with Gasteiger partial charge < -0.3 is 15.0 Å². The molecule has 1 unspecified atom stereocenters. The first kappa shape index (κ1) is 16.5. The second kappa shape index (κ2) is 9.39. The van der Waals surface area contributed by atoms with Gasteiger partial charge in [-0.15, -0.1) is 0 Å². The molecule has 1 aromatic rings. The van der Waals surface area contributed by atoms with Gasteiger partial charge in [-0.05, 0) is 32.1 Å². The molecule has 5 nitrogen and oxygen atoms in total. The maximum Gasteiger partial charge on any atom is 0.407 e. The van der Waals surface area contributed by atoms with E-state index in [1.54, 1.807) is 12.5 Å². The first-order chi connectivity index (χ1) is 9.58. The number of ether oxygens (including phenoxy) is 1. The summed E-state index contributed by atoms with van der Waals surface area (Å²) in [5.74, 6) is 0.719. The van der Waals surface area contributed by atoms with Crippen LogP contribution in [-0.4, -0.2) is 28.7 Å². The van der Waals surface area contributed by atoms with Gasteiger partial charge >= 0.3 is 6.09 Å². The number of hydrogen-bond acceptors (Lipinski definition) is 3. The van der Waals surface area contributed by atoms with Gasteiger partial charge in [0.1, 0.15) is 0 Å². The summed E-state index contributed by atoms with van der Waals surface area (Å²) in [5, 5.41) is 2.87. The van der Waals surface area contributed by atoms with E-state index in [0.717, 1.165) is 37.3 Å². The van der Waals surface area contributed by atoms with Gasteiger partial charge in [0.05, 0.1) is 12.9 Å². The fraction of sp³-hybridized carbons (Fsp3) is 0.733. The van der Waals surface area contributed by atoms with Gasteiger partial charge in [-0.2, -0.15) is 0 Å². The predicted molar refractivity (Wildman–Crippen MR) is 79.5 cm³/mol. The molecule has 1 amide bonds. The Morgan fingerprint density at radius 1 is 1.35 bits per heavy atom. The maximum absolute atomic E-state index is 11.6. The minimum atomic E-state index is -0.313. The molecular weight excluding hydrogens is 254 g/mol. The molecule has 1 atom stereocenters. The maximum atomic E-state index is 11.6. The molecule has 5 heteroatoms. The highest BCUT2D eigenvalue weighted by Crippen LogP contribution is 2.08. The van der Waals surface area contributed by atoms with Crippen LogP contribution < -0.4 is 5.32 Å². The molecule has 20 heavy (non-hydrogen) atoms. The number of imidazole rings is 1. The van der Waals surface area contributed by atoms with Crippen molar-refractivity contribution in [3.8, 4) is 0 Å². The van der Waals surface area contributed by atoms with Crippen molar-refractivity contribution in [2.75, 3.05) is 6.61 Å². The van der Waals surface area contributed by atoms with E-state index >= 15 is 0 Å². The number of H-pyrrole nitrogens is 1. The van der Waals surface area contributed by atoms with Gasteiger partial charge in [0.25, 0.3) is 0 Å². The SMILES string of the molecule is CC(C)CCCC(C)NC(=O)OCCCc1cnc[nH]1. The highest BCUT2D eigenvalue weighted by molar-refractivity contribution is 5.67. The second-order valence-corrected chi connectivity index (χ2v) is 5.69. The van der Waals surface area contributed by atoms with E-state index in [2.05, 4.69) is 29.1 Å². The summed E-state index contributed by atoms with van der Waals surface area (Å²) < 4.78 is 5.15. The van der Waals surface area contributed by atoms with Crippen LogP contribution in [0.25, 0.3) is 0 Å². The number of aryl methyl sites for hydroxylation is 1. The van der Waals surface area contributed by atoms with Crippen LogP contribution in [0.5, 0.6) is 0 Å². The number of amides is 1. The third-order valence-electron chi connectivity index (χ3n) is 3.16. The fourth-order valence-electron chi connectivity index (χ4n) is 2.00. The molecule has 1 rings (SSSR count). The molecular formula is C15H27N3O2. The average molecular weight is 281 g/mol. The lowest BCUT2D eigenvalue weighted by Crippen LogP contribution is -2.33. The number of nitrogens with zero attached hydrogens (tertiary/aromatic N) is 1. The minimum absolute atomic E-state index is 0.175. The topological polar surface area (TPSA) is 67.0 Å². The third kappa shape index (κ3) is 7.81. The van der Waals surface area contributed by atoms with E-state index in [4.69, 9.17) is 4.74 Å². The standard InChI is InChI=1S/C15H27N3O2/c1-12(2)6-4-7-13(3)18-15(19)20-9-5-8-14-10-16-11-17-14/h10-13H,4-9H2,1-3H3,(H,16,17)(H,18,19). The molecule has 0 saturated heterocycles. The van der Waals surface area contributed by atoms with Crippen molar-refractivity contribution in [1.82, 2.24) is 15.3 Å². The Labute approximate surface area is 121 Å². The summed E-state index contributed by atoms with van der Waals surface area (Å²) in [4.78, 5) is 18.5. The van der Waals surface area contributed by atoms with Crippen LogP contribution in [0.1, 0.15) is 52.1 Å². The first-order valence-electron chi connectivity index (χ1n) is 7.48. The van der Waals surface area contributed by atoms with E-state index in [0.29, 0.717) is 6.61 Å². The van der Waals surface area contributed by atoms with Crippen molar-refractivity contribution < 1.29 is 9.53 Å². The third-order valence-corrected chi connectivity index (χ3v) is 3.16. The molecule has 0 radical (unpaired) electrons. The molecule has 114 valence electrons.